The fraction of sp³-hybridized carbons (Fsp3) is 0.583. The molecule has 0 amide bonds. The summed E-state index contributed by atoms with van der Waals surface area (Å²) < 4.78 is 9.14. The number of aliphatic hydroxyl groups excluding tert-OH is 1. The van der Waals surface area contributed by atoms with E-state index < -0.39 is 5.69 Å². The summed E-state index contributed by atoms with van der Waals surface area (Å²) in [5.74, 6) is 0.482. The third-order valence-electron chi connectivity index (χ3n) is 3.24. The van der Waals surface area contributed by atoms with Gasteiger partial charge < -0.3 is 19.7 Å². The molecule has 0 aliphatic carbocycles. The summed E-state index contributed by atoms with van der Waals surface area (Å²) in [5, 5.41) is 11.6. The molecule has 0 unspecified atom stereocenters. The minimum absolute atomic E-state index is 0.0234. The quantitative estimate of drug-likeness (QED) is 0.622. The van der Waals surface area contributed by atoms with Gasteiger partial charge in [0.05, 0.1) is 19.8 Å². The number of hydrogen-bond acceptors (Lipinski definition) is 6. The lowest BCUT2D eigenvalue weighted by Gasteiger charge is -2.06. The lowest BCUT2D eigenvalue weighted by molar-refractivity contribution is 0.0991. The summed E-state index contributed by atoms with van der Waals surface area (Å²) >= 11 is 0. The van der Waals surface area contributed by atoms with Crippen molar-refractivity contribution in [2.45, 2.75) is 0 Å². The number of imidazole rings is 1. The molecule has 116 valence electrons. The molecule has 0 saturated carbocycles. The number of anilines is 1. The Bertz CT molecular complexity index is 758. The fourth-order valence-electron chi connectivity index (χ4n) is 2.08. The second kappa shape index (κ2) is 6.10. The SMILES string of the molecule is Cn1c(=O)c2c(nc(NCCOCCO)n2C)n(C)c1=O. The molecule has 0 aromatic carbocycles. The maximum atomic E-state index is 12.2. The van der Waals surface area contributed by atoms with Gasteiger partial charge >= 0.3 is 5.69 Å². The molecule has 0 spiro atoms. The first-order chi connectivity index (χ1) is 9.99. The molecule has 21 heavy (non-hydrogen) atoms. The van der Waals surface area contributed by atoms with Gasteiger partial charge in [0.15, 0.2) is 11.2 Å². The van der Waals surface area contributed by atoms with Gasteiger partial charge in [0.1, 0.15) is 0 Å². The van der Waals surface area contributed by atoms with Crippen LogP contribution in [0, 0.1) is 0 Å². The Balaban J connectivity index is 2.34. The molecule has 0 radical (unpaired) electrons. The lowest BCUT2D eigenvalue weighted by atomic mass is 10.5. The molecule has 0 atom stereocenters. The van der Waals surface area contributed by atoms with Crippen molar-refractivity contribution >= 4 is 17.1 Å². The zero-order valence-electron chi connectivity index (χ0n) is 12.3. The van der Waals surface area contributed by atoms with Gasteiger partial charge in [-0.25, -0.2) is 4.79 Å². The number of hydrogen-bond donors (Lipinski definition) is 2. The number of rotatable bonds is 6. The van der Waals surface area contributed by atoms with Crippen LogP contribution in [-0.2, 0) is 25.9 Å². The largest absolute Gasteiger partial charge is 0.394 e. The van der Waals surface area contributed by atoms with E-state index in [1.807, 2.05) is 0 Å². The highest BCUT2D eigenvalue weighted by atomic mass is 16.5. The van der Waals surface area contributed by atoms with Crippen molar-refractivity contribution < 1.29 is 9.84 Å². The molecule has 0 aliphatic heterocycles. The summed E-state index contributed by atoms with van der Waals surface area (Å²) in [6.07, 6.45) is 0. The van der Waals surface area contributed by atoms with Gasteiger partial charge in [0.2, 0.25) is 5.95 Å². The molecule has 2 aromatic heterocycles. The zero-order valence-corrected chi connectivity index (χ0v) is 12.3. The lowest BCUT2D eigenvalue weighted by Crippen LogP contribution is -2.37. The molecule has 2 N–H and O–H groups in total. The normalized spacial score (nSPS) is 11.2. The molecule has 0 aliphatic rings. The maximum Gasteiger partial charge on any atom is 0.332 e. The topological polar surface area (TPSA) is 103 Å². The first kappa shape index (κ1) is 15.3. The molecule has 0 saturated heterocycles. The molecule has 2 rings (SSSR count). The summed E-state index contributed by atoms with van der Waals surface area (Å²) in [7, 11) is 4.72. The molecule has 9 nitrogen and oxygen atoms in total. The predicted molar refractivity (Wildman–Crippen MR) is 77.6 cm³/mol. The molecular weight excluding hydrogens is 278 g/mol. The predicted octanol–water partition coefficient (Wildman–Crippen LogP) is -1.61. The number of ether oxygens (including phenoxy) is 1. The Kier molecular flexibility index (Phi) is 4.43. The summed E-state index contributed by atoms with van der Waals surface area (Å²) in [6.45, 7) is 1.13. The van der Waals surface area contributed by atoms with Crippen LogP contribution in [0.1, 0.15) is 0 Å². The van der Waals surface area contributed by atoms with Crippen molar-refractivity contribution in [2.75, 3.05) is 31.7 Å². The van der Waals surface area contributed by atoms with Crippen LogP contribution in [0.4, 0.5) is 5.95 Å². The Labute approximate surface area is 120 Å². The standard InChI is InChI=1S/C12H19N5O4/c1-15-8-9(16(2)12(20)17(3)10(8)19)14-11(15)13-4-6-21-7-5-18/h18H,4-7H2,1-3H3,(H,13,14). The molecule has 2 heterocycles. The number of aryl methyl sites for hydroxylation is 2. The van der Waals surface area contributed by atoms with Crippen molar-refractivity contribution in [1.29, 1.82) is 0 Å². The fourth-order valence-corrected chi connectivity index (χ4v) is 2.08. The van der Waals surface area contributed by atoms with Gasteiger partial charge in [-0.05, 0) is 0 Å². The highest BCUT2D eigenvalue weighted by Gasteiger charge is 2.16. The Hall–Kier alpha value is -2.13. The van der Waals surface area contributed by atoms with Crippen LogP contribution < -0.4 is 16.6 Å². The van der Waals surface area contributed by atoms with Crippen LogP contribution in [0.15, 0.2) is 9.59 Å². The van der Waals surface area contributed by atoms with E-state index in [4.69, 9.17) is 9.84 Å². The van der Waals surface area contributed by atoms with E-state index in [0.29, 0.717) is 30.3 Å². The average Bonchev–Trinajstić information content (AvgIpc) is 2.80. The van der Waals surface area contributed by atoms with Crippen molar-refractivity contribution in [2.24, 2.45) is 21.1 Å². The third-order valence-corrected chi connectivity index (χ3v) is 3.24. The Morgan fingerprint density at radius 2 is 1.86 bits per heavy atom. The average molecular weight is 297 g/mol. The number of nitrogens with zero attached hydrogens (tertiary/aromatic N) is 4. The summed E-state index contributed by atoms with van der Waals surface area (Å²) in [4.78, 5) is 28.3. The van der Waals surface area contributed by atoms with E-state index in [0.717, 1.165) is 4.57 Å². The van der Waals surface area contributed by atoms with Crippen LogP contribution in [0.25, 0.3) is 11.2 Å². The maximum absolute atomic E-state index is 12.2. The molecule has 9 heteroatoms. The van der Waals surface area contributed by atoms with Crippen molar-refractivity contribution in [1.82, 2.24) is 18.7 Å². The highest BCUT2D eigenvalue weighted by Crippen LogP contribution is 2.12. The first-order valence-electron chi connectivity index (χ1n) is 6.54. The monoisotopic (exact) mass is 297 g/mol. The molecule has 0 bridgehead atoms. The second-order valence-corrected chi connectivity index (χ2v) is 4.64. The first-order valence-corrected chi connectivity index (χ1v) is 6.54. The van der Waals surface area contributed by atoms with Crippen LogP contribution in [0.5, 0.6) is 0 Å². The van der Waals surface area contributed by atoms with Gasteiger partial charge in [0.25, 0.3) is 5.56 Å². The van der Waals surface area contributed by atoms with E-state index in [1.165, 1.54) is 11.6 Å². The Morgan fingerprint density at radius 1 is 1.14 bits per heavy atom. The number of aliphatic hydroxyl groups is 1. The number of fused-ring (bicyclic) bond motifs is 1. The molecular formula is C12H19N5O4. The minimum Gasteiger partial charge on any atom is -0.394 e. The van der Waals surface area contributed by atoms with Crippen LogP contribution in [-0.4, -0.2) is 50.2 Å². The second-order valence-electron chi connectivity index (χ2n) is 4.64. The molecule has 2 aromatic rings. The van der Waals surface area contributed by atoms with Gasteiger partial charge in [0, 0.05) is 27.7 Å². The van der Waals surface area contributed by atoms with Crippen LogP contribution >= 0.6 is 0 Å². The van der Waals surface area contributed by atoms with E-state index >= 15 is 0 Å². The van der Waals surface area contributed by atoms with Gasteiger partial charge in [-0.1, -0.05) is 0 Å². The van der Waals surface area contributed by atoms with Gasteiger partial charge in [-0.3, -0.25) is 13.9 Å². The van der Waals surface area contributed by atoms with Crippen LogP contribution in [0.3, 0.4) is 0 Å². The smallest absolute Gasteiger partial charge is 0.332 e. The zero-order chi connectivity index (χ0) is 15.6. The van der Waals surface area contributed by atoms with Crippen molar-refractivity contribution in [3.05, 3.63) is 20.8 Å². The van der Waals surface area contributed by atoms with Gasteiger partial charge in [-0.2, -0.15) is 4.98 Å². The van der Waals surface area contributed by atoms with Crippen molar-refractivity contribution in [3.63, 3.8) is 0 Å². The Morgan fingerprint density at radius 3 is 2.52 bits per heavy atom. The van der Waals surface area contributed by atoms with Crippen LogP contribution in [0.2, 0.25) is 0 Å². The summed E-state index contributed by atoms with van der Waals surface area (Å²) in [5.41, 5.74) is -0.0983. The molecule has 0 fully saturated rings. The number of aromatic nitrogens is 4. The minimum atomic E-state index is -0.413. The third kappa shape index (κ3) is 2.69. The van der Waals surface area contributed by atoms with Crippen molar-refractivity contribution in [3.8, 4) is 0 Å². The van der Waals surface area contributed by atoms with E-state index in [2.05, 4.69) is 10.3 Å². The van der Waals surface area contributed by atoms with E-state index in [1.54, 1.807) is 18.7 Å². The van der Waals surface area contributed by atoms with Gasteiger partial charge in [-0.15, -0.1) is 0 Å². The summed E-state index contributed by atoms with van der Waals surface area (Å²) in [6, 6.07) is 0. The van der Waals surface area contributed by atoms with E-state index in [-0.39, 0.29) is 18.8 Å². The number of nitrogens with one attached hydrogen (secondary N) is 1. The van der Waals surface area contributed by atoms with E-state index in [9.17, 15) is 9.59 Å². The highest BCUT2D eigenvalue weighted by molar-refractivity contribution is 5.74.